The molecule has 1 radical (unpaired) electrons. The zero-order chi connectivity index (χ0) is 14.2. The van der Waals surface area contributed by atoms with Gasteiger partial charge in [-0.2, -0.15) is 0 Å². The Balaban J connectivity index is 2.67. The van der Waals surface area contributed by atoms with Crippen LogP contribution in [0.5, 0.6) is 5.75 Å². The normalized spacial score (nSPS) is 11.5. The van der Waals surface area contributed by atoms with Crippen molar-refractivity contribution in [2.24, 2.45) is 0 Å². The van der Waals surface area contributed by atoms with E-state index in [-0.39, 0.29) is 20.7 Å². The van der Waals surface area contributed by atoms with Crippen molar-refractivity contribution in [1.29, 1.82) is 0 Å². The van der Waals surface area contributed by atoms with Crippen molar-refractivity contribution in [3.8, 4) is 16.9 Å². The van der Waals surface area contributed by atoms with Crippen LogP contribution in [-0.2, 0) is 9.84 Å². The summed E-state index contributed by atoms with van der Waals surface area (Å²) in [5, 5.41) is 9.62. The zero-order valence-corrected chi connectivity index (χ0v) is 12.1. The second-order valence-corrected chi connectivity index (χ2v) is 6.74. The van der Waals surface area contributed by atoms with E-state index >= 15 is 0 Å². The largest absolute Gasteiger partial charge is 0.506 e. The molecule has 0 aliphatic heterocycles. The van der Waals surface area contributed by atoms with Gasteiger partial charge in [0, 0.05) is 11.8 Å². The third-order valence-electron chi connectivity index (χ3n) is 2.53. The molecule has 19 heavy (non-hydrogen) atoms. The highest BCUT2D eigenvalue weighted by Gasteiger charge is 2.16. The van der Waals surface area contributed by atoms with Gasteiger partial charge in [0.15, 0.2) is 9.84 Å². The molecule has 2 rings (SSSR count). The molecule has 0 spiro atoms. The summed E-state index contributed by atoms with van der Waals surface area (Å²) >= 11 is 11.9. The average Bonchev–Trinajstić information content (AvgIpc) is 2.32. The summed E-state index contributed by atoms with van der Waals surface area (Å²) in [4.78, 5) is 0.0344. The number of benzene rings is 2. The van der Waals surface area contributed by atoms with Crippen LogP contribution in [-0.4, -0.2) is 19.8 Å². The molecule has 0 aromatic heterocycles. The Labute approximate surface area is 121 Å². The van der Waals surface area contributed by atoms with Crippen LogP contribution in [0.4, 0.5) is 0 Å². The number of halogens is 2. The smallest absolute Gasteiger partial charge is 0.177 e. The number of hydrogen-bond acceptors (Lipinski definition) is 3. The summed E-state index contributed by atoms with van der Waals surface area (Å²) in [5.74, 6) is -0.0548. The first-order chi connectivity index (χ1) is 8.80. The highest BCUT2D eigenvalue weighted by atomic mass is 35.5. The van der Waals surface area contributed by atoms with Crippen LogP contribution in [0.15, 0.2) is 35.2 Å². The van der Waals surface area contributed by atoms with E-state index in [0.717, 1.165) is 6.26 Å². The van der Waals surface area contributed by atoms with Crippen molar-refractivity contribution in [2.45, 2.75) is 4.90 Å². The predicted octanol–water partition coefficient (Wildman–Crippen LogP) is 3.57. The maximum absolute atomic E-state index is 11.6. The molecular weight excluding hydrogens is 307 g/mol. The lowest BCUT2D eigenvalue weighted by molar-refractivity contribution is 0.475. The third kappa shape index (κ3) is 2.86. The molecule has 2 aromatic rings. The Morgan fingerprint density at radius 1 is 1.21 bits per heavy atom. The molecule has 0 aliphatic rings. The SMILES string of the molecule is CS(=O)(=O)c1cc[c]c(-c2ccc(O)c(Cl)c2)c1Cl. The number of phenolic OH excluding ortho intramolecular Hbond substituents is 1. The van der Waals surface area contributed by atoms with Crippen molar-refractivity contribution < 1.29 is 13.5 Å². The molecule has 2 aromatic carbocycles. The van der Waals surface area contributed by atoms with Gasteiger partial charge in [-0.05, 0) is 29.8 Å². The van der Waals surface area contributed by atoms with E-state index in [0.29, 0.717) is 11.1 Å². The number of rotatable bonds is 2. The minimum absolute atomic E-state index is 0.0344. The van der Waals surface area contributed by atoms with Crippen LogP contribution in [0, 0.1) is 6.07 Å². The molecular formula is C13H9Cl2O3S. The van der Waals surface area contributed by atoms with Gasteiger partial charge in [-0.15, -0.1) is 0 Å². The van der Waals surface area contributed by atoms with Crippen LogP contribution in [0.1, 0.15) is 0 Å². The van der Waals surface area contributed by atoms with Crippen LogP contribution >= 0.6 is 23.2 Å². The second-order valence-electron chi connectivity index (χ2n) is 3.97. The lowest BCUT2D eigenvalue weighted by Gasteiger charge is -2.09. The lowest BCUT2D eigenvalue weighted by atomic mass is 10.1. The van der Waals surface area contributed by atoms with Gasteiger partial charge in [-0.1, -0.05) is 35.3 Å². The highest BCUT2D eigenvalue weighted by molar-refractivity contribution is 7.90. The van der Waals surface area contributed by atoms with Crippen molar-refractivity contribution in [3.63, 3.8) is 0 Å². The molecule has 3 nitrogen and oxygen atoms in total. The van der Waals surface area contributed by atoms with Gasteiger partial charge < -0.3 is 5.11 Å². The summed E-state index contributed by atoms with van der Waals surface area (Å²) in [6.45, 7) is 0. The van der Waals surface area contributed by atoms with Gasteiger partial charge >= 0.3 is 0 Å². The molecule has 0 saturated carbocycles. The Bertz CT molecular complexity index is 740. The summed E-state index contributed by atoms with van der Waals surface area (Å²) in [6.07, 6.45) is 1.09. The zero-order valence-electron chi connectivity index (χ0n) is 9.81. The maximum atomic E-state index is 11.6. The first-order valence-electron chi connectivity index (χ1n) is 5.20. The van der Waals surface area contributed by atoms with Gasteiger partial charge in [0.2, 0.25) is 0 Å². The Morgan fingerprint density at radius 3 is 2.47 bits per heavy atom. The standard InChI is InChI=1S/C13H9Cl2O3S/c1-19(17,18)12-4-2-3-9(13(12)15)8-5-6-11(16)10(14)7-8/h2,4-7,16H,1H3. The van der Waals surface area contributed by atoms with E-state index in [4.69, 9.17) is 23.2 Å². The van der Waals surface area contributed by atoms with Crippen LogP contribution in [0.3, 0.4) is 0 Å². The fourth-order valence-corrected chi connectivity index (χ4v) is 3.19. The van der Waals surface area contributed by atoms with E-state index in [1.54, 1.807) is 6.07 Å². The fourth-order valence-electron chi connectivity index (χ4n) is 1.62. The molecule has 0 amide bonds. The molecule has 0 unspecified atom stereocenters. The minimum atomic E-state index is -3.42. The molecule has 0 atom stereocenters. The van der Waals surface area contributed by atoms with Crippen LogP contribution in [0.25, 0.3) is 11.1 Å². The van der Waals surface area contributed by atoms with Gasteiger partial charge in [-0.3, -0.25) is 0 Å². The van der Waals surface area contributed by atoms with Crippen molar-refractivity contribution in [2.75, 3.05) is 6.26 Å². The summed E-state index contributed by atoms with van der Waals surface area (Å²) in [6, 6.07) is 10.3. The Hall–Kier alpha value is -1.23. The Morgan fingerprint density at radius 2 is 1.89 bits per heavy atom. The summed E-state index contributed by atoms with van der Waals surface area (Å²) in [5.41, 5.74) is 1.00. The van der Waals surface area contributed by atoms with Crippen LogP contribution < -0.4 is 0 Å². The monoisotopic (exact) mass is 315 g/mol. The average molecular weight is 316 g/mol. The molecule has 0 saturated heterocycles. The van der Waals surface area contributed by atoms with E-state index in [1.807, 2.05) is 0 Å². The predicted molar refractivity (Wildman–Crippen MR) is 75.5 cm³/mol. The molecule has 0 heterocycles. The summed E-state index contributed by atoms with van der Waals surface area (Å²) < 4.78 is 23.2. The number of aromatic hydroxyl groups is 1. The molecule has 0 fully saturated rings. The first kappa shape index (κ1) is 14.2. The molecule has 6 heteroatoms. The number of hydrogen-bond donors (Lipinski definition) is 1. The Kier molecular flexibility index (Phi) is 3.76. The van der Waals surface area contributed by atoms with E-state index in [1.165, 1.54) is 24.3 Å². The number of phenols is 1. The van der Waals surface area contributed by atoms with Gasteiger partial charge in [0.25, 0.3) is 0 Å². The van der Waals surface area contributed by atoms with E-state index < -0.39 is 9.84 Å². The van der Waals surface area contributed by atoms with E-state index in [2.05, 4.69) is 6.07 Å². The maximum Gasteiger partial charge on any atom is 0.177 e. The quantitative estimate of drug-likeness (QED) is 0.921. The first-order valence-corrected chi connectivity index (χ1v) is 7.84. The number of sulfone groups is 1. The molecule has 0 aliphatic carbocycles. The molecule has 0 bridgehead atoms. The van der Waals surface area contributed by atoms with Crippen molar-refractivity contribution >= 4 is 33.0 Å². The lowest BCUT2D eigenvalue weighted by Crippen LogP contribution is -1.99. The topological polar surface area (TPSA) is 54.4 Å². The van der Waals surface area contributed by atoms with Crippen molar-refractivity contribution in [1.82, 2.24) is 0 Å². The molecule has 99 valence electrons. The highest BCUT2D eigenvalue weighted by Crippen LogP contribution is 2.35. The van der Waals surface area contributed by atoms with Crippen molar-refractivity contribution in [3.05, 3.63) is 46.4 Å². The van der Waals surface area contributed by atoms with Gasteiger partial charge in [0.05, 0.1) is 14.9 Å². The fraction of sp³-hybridized carbons (Fsp3) is 0.0769. The van der Waals surface area contributed by atoms with Gasteiger partial charge in [-0.25, -0.2) is 8.42 Å². The van der Waals surface area contributed by atoms with Crippen LogP contribution in [0.2, 0.25) is 10.0 Å². The van der Waals surface area contributed by atoms with E-state index in [9.17, 15) is 13.5 Å². The second kappa shape index (κ2) is 5.04. The summed E-state index contributed by atoms with van der Waals surface area (Å²) in [7, 11) is -3.42. The minimum Gasteiger partial charge on any atom is -0.506 e. The molecule has 1 N–H and O–H groups in total. The third-order valence-corrected chi connectivity index (χ3v) is 4.48. The van der Waals surface area contributed by atoms with Gasteiger partial charge in [0.1, 0.15) is 5.75 Å².